The molecule has 0 spiro atoms. The van der Waals surface area contributed by atoms with Crippen LogP contribution in [-0.2, 0) is 0 Å². The zero-order chi connectivity index (χ0) is 13.3. The van der Waals surface area contributed by atoms with Gasteiger partial charge in [0.1, 0.15) is 5.69 Å². The summed E-state index contributed by atoms with van der Waals surface area (Å²) in [7, 11) is 0. The summed E-state index contributed by atoms with van der Waals surface area (Å²) < 4.78 is 0. The molecule has 18 heavy (non-hydrogen) atoms. The van der Waals surface area contributed by atoms with Crippen molar-refractivity contribution in [2.24, 2.45) is 0 Å². The molecule has 1 aliphatic heterocycles. The minimum Gasteiger partial charge on any atom is -0.388 e. The summed E-state index contributed by atoms with van der Waals surface area (Å²) in [4.78, 5) is 18.4. The highest BCUT2D eigenvalue weighted by Gasteiger charge is 2.38. The van der Waals surface area contributed by atoms with Gasteiger partial charge in [-0.1, -0.05) is 6.07 Å². The van der Waals surface area contributed by atoms with Gasteiger partial charge in [0.25, 0.3) is 5.91 Å². The van der Waals surface area contributed by atoms with Gasteiger partial charge in [-0.3, -0.25) is 4.79 Å². The summed E-state index contributed by atoms with van der Waals surface area (Å²) in [5.41, 5.74) is 0.432. The summed E-state index contributed by atoms with van der Waals surface area (Å²) in [6, 6.07) is 5.32. The van der Waals surface area contributed by atoms with Gasteiger partial charge in [0.2, 0.25) is 0 Å². The van der Waals surface area contributed by atoms with Gasteiger partial charge in [-0.05, 0) is 45.7 Å². The highest BCUT2D eigenvalue weighted by Crippen LogP contribution is 2.27. The van der Waals surface area contributed by atoms with Crippen LogP contribution in [0, 0.1) is 6.92 Å². The number of aromatic nitrogens is 1. The van der Waals surface area contributed by atoms with Crippen molar-refractivity contribution in [1.82, 2.24) is 9.88 Å². The van der Waals surface area contributed by atoms with Crippen LogP contribution in [0.25, 0.3) is 0 Å². The van der Waals surface area contributed by atoms with Gasteiger partial charge in [0.15, 0.2) is 0 Å². The summed E-state index contributed by atoms with van der Waals surface area (Å²) in [6.45, 7) is 6.08. The molecule has 1 aromatic heterocycles. The third-order valence-corrected chi connectivity index (χ3v) is 3.44. The lowest BCUT2D eigenvalue weighted by molar-refractivity contribution is 0.000115. The van der Waals surface area contributed by atoms with E-state index in [0.717, 1.165) is 18.5 Å². The van der Waals surface area contributed by atoms with Gasteiger partial charge in [-0.25, -0.2) is 4.98 Å². The topological polar surface area (TPSA) is 53.4 Å². The number of amides is 1. The molecule has 1 atom stereocenters. The van der Waals surface area contributed by atoms with Crippen molar-refractivity contribution < 1.29 is 9.90 Å². The predicted molar refractivity (Wildman–Crippen MR) is 69.3 cm³/mol. The molecule has 4 heteroatoms. The Bertz CT molecular complexity index is 451. The Balaban J connectivity index is 2.23. The van der Waals surface area contributed by atoms with Crippen molar-refractivity contribution >= 4 is 5.91 Å². The van der Waals surface area contributed by atoms with E-state index in [0.29, 0.717) is 12.2 Å². The van der Waals surface area contributed by atoms with E-state index in [9.17, 15) is 9.90 Å². The number of nitrogens with zero attached hydrogens (tertiary/aromatic N) is 2. The van der Waals surface area contributed by atoms with E-state index in [1.165, 1.54) is 0 Å². The maximum atomic E-state index is 12.4. The lowest BCUT2D eigenvalue weighted by atomic mass is 9.96. The Morgan fingerprint density at radius 1 is 1.50 bits per heavy atom. The van der Waals surface area contributed by atoms with Crippen molar-refractivity contribution in [3.63, 3.8) is 0 Å². The number of carbonyl (C=O) groups excluding carboxylic acids is 1. The summed E-state index contributed by atoms with van der Waals surface area (Å²) in [6.07, 6.45) is 1.78. The minimum absolute atomic E-state index is 0.0803. The van der Waals surface area contributed by atoms with E-state index in [2.05, 4.69) is 4.98 Å². The molecular formula is C14H20N2O2. The van der Waals surface area contributed by atoms with Gasteiger partial charge in [-0.15, -0.1) is 0 Å². The molecule has 1 amide bonds. The number of likely N-dealkylation sites (tertiary alicyclic amines) is 1. The predicted octanol–water partition coefficient (Wildman–Crippen LogP) is 1.77. The van der Waals surface area contributed by atoms with E-state index in [1.54, 1.807) is 24.8 Å². The monoisotopic (exact) mass is 248 g/mol. The molecule has 2 heterocycles. The molecule has 98 valence electrons. The lowest BCUT2D eigenvalue weighted by Gasteiger charge is -2.33. The molecule has 4 nitrogen and oxygen atoms in total. The fourth-order valence-electron chi connectivity index (χ4n) is 2.55. The molecule has 0 aliphatic carbocycles. The molecule has 1 saturated heterocycles. The van der Waals surface area contributed by atoms with E-state index >= 15 is 0 Å². The second-order valence-corrected chi connectivity index (χ2v) is 5.47. The SMILES string of the molecule is Cc1cccc(C(=O)N2CCCC2C(C)(C)O)n1. The first kappa shape index (κ1) is 13.0. The zero-order valence-corrected chi connectivity index (χ0v) is 11.2. The first-order valence-corrected chi connectivity index (χ1v) is 6.36. The summed E-state index contributed by atoms with van der Waals surface area (Å²) >= 11 is 0. The van der Waals surface area contributed by atoms with Crippen molar-refractivity contribution in [1.29, 1.82) is 0 Å². The first-order valence-electron chi connectivity index (χ1n) is 6.36. The molecule has 1 aromatic rings. The van der Waals surface area contributed by atoms with E-state index in [-0.39, 0.29) is 11.9 Å². The van der Waals surface area contributed by atoms with Gasteiger partial charge >= 0.3 is 0 Å². The van der Waals surface area contributed by atoms with Crippen molar-refractivity contribution in [3.05, 3.63) is 29.6 Å². The molecule has 1 fully saturated rings. The molecule has 2 rings (SSSR count). The van der Waals surface area contributed by atoms with Crippen LogP contribution >= 0.6 is 0 Å². The number of aliphatic hydroxyl groups is 1. The second-order valence-electron chi connectivity index (χ2n) is 5.47. The molecule has 1 aliphatic rings. The highest BCUT2D eigenvalue weighted by atomic mass is 16.3. The zero-order valence-electron chi connectivity index (χ0n) is 11.2. The van der Waals surface area contributed by atoms with Gasteiger partial charge in [-0.2, -0.15) is 0 Å². The van der Waals surface area contributed by atoms with Gasteiger partial charge < -0.3 is 10.0 Å². The first-order chi connectivity index (χ1) is 8.39. The molecule has 0 aromatic carbocycles. The van der Waals surface area contributed by atoms with Crippen LogP contribution in [0.1, 0.15) is 42.9 Å². The van der Waals surface area contributed by atoms with Crippen molar-refractivity contribution in [2.75, 3.05) is 6.54 Å². The fourth-order valence-corrected chi connectivity index (χ4v) is 2.55. The summed E-state index contributed by atoms with van der Waals surface area (Å²) in [5.74, 6) is -0.0803. The van der Waals surface area contributed by atoms with Crippen LogP contribution in [0.5, 0.6) is 0 Å². The number of rotatable bonds is 2. The van der Waals surface area contributed by atoms with Crippen LogP contribution in [0.4, 0.5) is 0 Å². The summed E-state index contributed by atoms with van der Waals surface area (Å²) in [5, 5.41) is 10.1. The highest BCUT2D eigenvalue weighted by molar-refractivity contribution is 5.92. The molecule has 0 saturated carbocycles. The van der Waals surface area contributed by atoms with Crippen LogP contribution in [0.3, 0.4) is 0 Å². The van der Waals surface area contributed by atoms with Crippen LogP contribution < -0.4 is 0 Å². The molecule has 1 N–H and O–H groups in total. The normalized spacial score (nSPS) is 20.2. The van der Waals surface area contributed by atoms with Crippen LogP contribution in [-0.4, -0.2) is 39.1 Å². The van der Waals surface area contributed by atoms with Gasteiger partial charge in [0, 0.05) is 12.2 Å². The lowest BCUT2D eigenvalue weighted by Crippen LogP contribution is -2.48. The quantitative estimate of drug-likeness (QED) is 0.867. The Morgan fingerprint density at radius 2 is 2.22 bits per heavy atom. The van der Waals surface area contributed by atoms with Crippen molar-refractivity contribution in [3.8, 4) is 0 Å². The number of hydrogen-bond donors (Lipinski definition) is 1. The largest absolute Gasteiger partial charge is 0.388 e. The molecule has 0 bridgehead atoms. The Morgan fingerprint density at radius 3 is 2.83 bits per heavy atom. The maximum absolute atomic E-state index is 12.4. The average molecular weight is 248 g/mol. The van der Waals surface area contributed by atoms with Crippen LogP contribution in [0.15, 0.2) is 18.2 Å². The minimum atomic E-state index is -0.865. The third kappa shape index (κ3) is 2.53. The number of aryl methyl sites for hydroxylation is 1. The van der Waals surface area contributed by atoms with E-state index in [4.69, 9.17) is 0 Å². The molecular weight excluding hydrogens is 228 g/mol. The Labute approximate surface area is 108 Å². The maximum Gasteiger partial charge on any atom is 0.272 e. The Kier molecular flexibility index (Phi) is 3.39. The van der Waals surface area contributed by atoms with E-state index < -0.39 is 5.60 Å². The third-order valence-electron chi connectivity index (χ3n) is 3.44. The number of carbonyl (C=O) groups is 1. The van der Waals surface area contributed by atoms with Gasteiger partial charge in [0.05, 0.1) is 11.6 Å². The Hall–Kier alpha value is -1.42. The second kappa shape index (κ2) is 4.69. The van der Waals surface area contributed by atoms with Crippen LogP contribution in [0.2, 0.25) is 0 Å². The average Bonchev–Trinajstić information content (AvgIpc) is 2.76. The standard InChI is InChI=1S/C14H20N2O2/c1-10-6-4-7-11(15-10)13(17)16-9-5-8-12(16)14(2,3)18/h4,6-7,12,18H,5,8-9H2,1-3H3. The smallest absolute Gasteiger partial charge is 0.272 e. The van der Waals surface area contributed by atoms with Crippen molar-refractivity contribution in [2.45, 2.75) is 45.3 Å². The van der Waals surface area contributed by atoms with E-state index in [1.807, 2.05) is 19.1 Å². The molecule has 1 unspecified atom stereocenters. The number of pyridine rings is 1. The molecule has 0 radical (unpaired) electrons. The fraction of sp³-hybridized carbons (Fsp3) is 0.571. The number of hydrogen-bond acceptors (Lipinski definition) is 3.